The van der Waals surface area contributed by atoms with Gasteiger partial charge in [-0.15, -0.1) is 6.58 Å². The van der Waals surface area contributed by atoms with E-state index in [0.717, 1.165) is 0 Å². The molecule has 3 N–H and O–H groups in total. The number of benzene rings is 2. The normalized spacial score (nSPS) is 10.5. The van der Waals surface area contributed by atoms with Crippen LogP contribution in [0.5, 0.6) is 17.2 Å². The molecule has 0 aliphatic rings. The van der Waals surface area contributed by atoms with E-state index in [1.165, 1.54) is 6.21 Å². The molecule has 0 spiro atoms. The number of anilines is 1. The number of amides is 2. The van der Waals surface area contributed by atoms with Crippen LogP contribution in [0.15, 0.2) is 54.2 Å². The first-order valence-corrected chi connectivity index (χ1v) is 9.45. The molecule has 8 nitrogen and oxygen atoms in total. The second kappa shape index (κ2) is 11.3. The smallest absolute Gasteiger partial charge is 0.329 e. The van der Waals surface area contributed by atoms with Gasteiger partial charge in [-0.25, -0.2) is 5.43 Å². The van der Waals surface area contributed by atoms with E-state index in [0.29, 0.717) is 47.9 Å². The number of allylic oxidation sites excluding steroid dienone is 1. The molecule has 0 aromatic heterocycles. The van der Waals surface area contributed by atoms with Crippen LogP contribution in [-0.4, -0.2) is 36.3 Å². The molecule has 0 heterocycles. The molecule has 0 fully saturated rings. The van der Waals surface area contributed by atoms with Crippen molar-refractivity contribution in [2.75, 3.05) is 18.5 Å². The molecule has 2 aromatic carbocycles. The first-order valence-electron chi connectivity index (χ1n) is 9.45. The molecule has 0 bridgehead atoms. The zero-order chi connectivity index (χ0) is 21.9. The molecule has 0 saturated carbocycles. The summed E-state index contributed by atoms with van der Waals surface area (Å²) in [6, 6.07) is 10.1. The fourth-order valence-electron chi connectivity index (χ4n) is 2.59. The molecule has 0 saturated heterocycles. The number of ether oxygens (including phenoxy) is 2. The zero-order valence-electron chi connectivity index (χ0n) is 17.0. The monoisotopic (exact) mass is 411 g/mol. The van der Waals surface area contributed by atoms with Crippen LogP contribution in [0.3, 0.4) is 0 Å². The summed E-state index contributed by atoms with van der Waals surface area (Å²) >= 11 is 0. The summed E-state index contributed by atoms with van der Waals surface area (Å²) < 4.78 is 10.8. The van der Waals surface area contributed by atoms with E-state index in [-0.39, 0.29) is 5.75 Å². The van der Waals surface area contributed by atoms with E-state index in [4.69, 9.17) is 9.47 Å². The lowest BCUT2D eigenvalue weighted by Gasteiger charge is -2.11. The minimum absolute atomic E-state index is 0.0327. The number of para-hydroxylation sites is 2. The van der Waals surface area contributed by atoms with Crippen molar-refractivity contribution in [3.8, 4) is 17.2 Å². The summed E-state index contributed by atoms with van der Waals surface area (Å²) in [6.07, 6.45) is 3.44. The van der Waals surface area contributed by atoms with Gasteiger partial charge in [0.15, 0.2) is 11.5 Å². The van der Waals surface area contributed by atoms with Crippen molar-refractivity contribution in [1.29, 1.82) is 0 Å². The summed E-state index contributed by atoms with van der Waals surface area (Å²) in [5.74, 6) is -1.02. The number of hydrogen-bond acceptors (Lipinski definition) is 6. The average Bonchev–Trinajstić information content (AvgIpc) is 2.73. The van der Waals surface area contributed by atoms with Crippen molar-refractivity contribution in [3.05, 3.63) is 60.2 Å². The van der Waals surface area contributed by atoms with Gasteiger partial charge in [-0.1, -0.05) is 18.2 Å². The number of nitrogens with one attached hydrogen (secondary N) is 2. The third kappa shape index (κ3) is 6.10. The third-order valence-electron chi connectivity index (χ3n) is 3.86. The molecule has 158 valence electrons. The van der Waals surface area contributed by atoms with Crippen LogP contribution in [0.1, 0.15) is 25.0 Å². The Morgan fingerprint density at radius 2 is 1.80 bits per heavy atom. The van der Waals surface area contributed by atoms with Gasteiger partial charge in [-0.3, -0.25) is 9.59 Å². The molecule has 30 heavy (non-hydrogen) atoms. The highest BCUT2D eigenvalue weighted by atomic mass is 16.5. The first-order chi connectivity index (χ1) is 14.5. The highest BCUT2D eigenvalue weighted by Gasteiger charge is 2.15. The highest BCUT2D eigenvalue weighted by Crippen LogP contribution is 2.32. The number of carbonyl (C=O) groups is 2. The van der Waals surface area contributed by atoms with Crippen molar-refractivity contribution in [3.63, 3.8) is 0 Å². The SMILES string of the molecule is C=CCc1cc(/C=N/NC(=O)C(=O)Nc2ccccc2OCC)cc(OCC)c1O. The van der Waals surface area contributed by atoms with E-state index in [1.54, 1.807) is 49.4 Å². The number of nitrogens with zero attached hydrogens (tertiary/aromatic N) is 1. The van der Waals surface area contributed by atoms with E-state index < -0.39 is 11.8 Å². The number of carbonyl (C=O) groups excluding carboxylic acids is 2. The molecule has 0 unspecified atom stereocenters. The number of hydrogen-bond donors (Lipinski definition) is 3. The lowest BCUT2D eigenvalue weighted by Crippen LogP contribution is -2.32. The number of rotatable bonds is 9. The summed E-state index contributed by atoms with van der Waals surface area (Å²) in [4.78, 5) is 24.2. The first kappa shape index (κ1) is 22.5. The minimum atomic E-state index is -0.937. The predicted octanol–water partition coefficient (Wildman–Crippen LogP) is 3.01. The predicted molar refractivity (Wildman–Crippen MR) is 115 cm³/mol. The Hall–Kier alpha value is -3.81. The average molecular weight is 411 g/mol. The quantitative estimate of drug-likeness (QED) is 0.254. The summed E-state index contributed by atoms with van der Waals surface area (Å²) in [6.45, 7) is 8.09. The zero-order valence-corrected chi connectivity index (χ0v) is 17.0. The van der Waals surface area contributed by atoms with Gasteiger partial charge in [-0.05, 0) is 50.1 Å². The van der Waals surface area contributed by atoms with Crippen LogP contribution in [0.2, 0.25) is 0 Å². The van der Waals surface area contributed by atoms with E-state index >= 15 is 0 Å². The molecule has 2 aromatic rings. The Labute approximate surface area is 175 Å². The fraction of sp³-hybridized carbons (Fsp3) is 0.227. The second-order valence-corrected chi connectivity index (χ2v) is 6.04. The Morgan fingerprint density at radius 3 is 2.50 bits per heavy atom. The topological polar surface area (TPSA) is 109 Å². The molecule has 8 heteroatoms. The van der Waals surface area contributed by atoms with Gasteiger partial charge in [0.1, 0.15) is 5.75 Å². The lowest BCUT2D eigenvalue weighted by molar-refractivity contribution is -0.136. The third-order valence-corrected chi connectivity index (χ3v) is 3.86. The highest BCUT2D eigenvalue weighted by molar-refractivity contribution is 6.39. The molecule has 0 radical (unpaired) electrons. The largest absolute Gasteiger partial charge is 0.504 e. The summed E-state index contributed by atoms with van der Waals surface area (Å²) in [5.41, 5.74) is 3.75. The van der Waals surface area contributed by atoms with E-state index in [2.05, 4.69) is 22.4 Å². The fourth-order valence-corrected chi connectivity index (χ4v) is 2.59. The molecule has 0 atom stereocenters. The molecule has 0 aliphatic carbocycles. The van der Waals surface area contributed by atoms with Crippen molar-refractivity contribution in [2.24, 2.45) is 5.10 Å². The van der Waals surface area contributed by atoms with Gasteiger partial charge >= 0.3 is 11.8 Å². The second-order valence-electron chi connectivity index (χ2n) is 6.04. The molecule has 2 rings (SSSR count). The Bertz CT molecular complexity index is 940. The maximum atomic E-state index is 12.1. The maximum absolute atomic E-state index is 12.1. The number of aromatic hydroxyl groups is 1. The van der Waals surface area contributed by atoms with Crippen LogP contribution in [-0.2, 0) is 16.0 Å². The summed E-state index contributed by atoms with van der Waals surface area (Å²) in [5, 5.41) is 16.5. The lowest BCUT2D eigenvalue weighted by atomic mass is 10.1. The van der Waals surface area contributed by atoms with E-state index in [1.807, 2.05) is 6.92 Å². The minimum Gasteiger partial charge on any atom is -0.504 e. The van der Waals surface area contributed by atoms with Gasteiger partial charge in [-0.2, -0.15) is 5.10 Å². The van der Waals surface area contributed by atoms with Gasteiger partial charge in [0, 0.05) is 5.56 Å². The molecular formula is C22H25N3O5. The molecule has 2 amide bonds. The van der Waals surface area contributed by atoms with Crippen LogP contribution in [0.25, 0.3) is 0 Å². The Balaban J connectivity index is 2.06. The van der Waals surface area contributed by atoms with Crippen LogP contribution in [0.4, 0.5) is 5.69 Å². The maximum Gasteiger partial charge on any atom is 0.329 e. The number of hydrazone groups is 1. The molecule has 0 aliphatic heterocycles. The molecular weight excluding hydrogens is 386 g/mol. The standard InChI is InChI=1S/C22H25N3O5/c1-4-9-16-12-15(13-19(20(16)26)30-6-3)14-23-25-22(28)21(27)24-17-10-7-8-11-18(17)29-5-2/h4,7-8,10-14,26H,1,5-6,9H2,2-3H3,(H,24,27)(H,25,28)/b23-14+. The Morgan fingerprint density at radius 1 is 1.10 bits per heavy atom. The van der Waals surface area contributed by atoms with Gasteiger partial charge in [0.25, 0.3) is 0 Å². The van der Waals surface area contributed by atoms with Crippen LogP contribution in [0, 0.1) is 0 Å². The van der Waals surface area contributed by atoms with Crippen molar-refractivity contribution < 1.29 is 24.2 Å². The number of phenolic OH excluding ortho intramolecular Hbond substituents is 1. The summed E-state index contributed by atoms with van der Waals surface area (Å²) in [7, 11) is 0. The van der Waals surface area contributed by atoms with E-state index in [9.17, 15) is 14.7 Å². The number of phenols is 1. The Kier molecular flexibility index (Phi) is 8.43. The van der Waals surface area contributed by atoms with Gasteiger partial charge in [0.05, 0.1) is 25.1 Å². The van der Waals surface area contributed by atoms with Crippen LogP contribution >= 0.6 is 0 Å². The van der Waals surface area contributed by atoms with Crippen molar-refractivity contribution >= 4 is 23.7 Å². The van der Waals surface area contributed by atoms with Gasteiger partial charge < -0.3 is 19.9 Å². The van der Waals surface area contributed by atoms with Crippen molar-refractivity contribution in [1.82, 2.24) is 5.43 Å². The van der Waals surface area contributed by atoms with Crippen molar-refractivity contribution in [2.45, 2.75) is 20.3 Å². The van der Waals surface area contributed by atoms with Gasteiger partial charge in [0.2, 0.25) is 0 Å². The van der Waals surface area contributed by atoms with Crippen LogP contribution < -0.4 is 20.2 Å².